The summed E-state index contributed by atoms with van der Waals surface area (Å²) in [6.45, 7) is 0. The van der Waals surface area contributed by atoms with Gasteiger partial charge in [-0.05, 0) is 23.8 Å². The third-order valence-corrected chi connectivity index (χ3v) is 2.15. The maximum atomic E-state index is 13.3. The van der Waals surface area contributed by atoms with Gasteiger partial charge in [0.2, 0.25) is 0 Å². The van der Waals surface area contributed by atoms with Crippen molar-refractivity contribution in [3.05, 3.63) is 41.7 Å². The summed E-state index contributed by atoms with van der Waals surface area (Å²) >= 11 is 0. The Balaban J connectivity index is 2.27. The Kier molecular flexibility index (Phi) is 2.41. The fourth-order valence-corrected chi connectivity index (χ4v) is 1.41. The monoisotopic (exact) mass is 208 g/mol. The summed E-state index contributed by atoms with van der Waals surface area (Å²) in [5.41, 5.74) is 0.593. The van der Waals surface area contributed by atoms with Gasteiger partial charge in [0.1, 0.15) is 6.10 Å². The molecule has 2 rings (SSSR count). The number of cyclic esters (lactones) is 1. The maximum Gasteiger partial charge on any atom is 0.331 e. The molecule has 78 valence electrons. The Morgan fingerprint density at radius 3 is 2.80 bits per heavy atom. The molecule has 0 saturated heterocycles. The number of hydrogen-bond donors (Lipinski definition) is 0. The molecule has 1 aliphatic heterocycles. The highest BCUT2D eigenvalue weighted by atomic mass is 19.1. The van der Waals surface area contributed by atoms with Crippen LogP contribution in [0.1, 0.15) is 11.7 Å². The van der Waals surface area contributed by atoms with Crippen LogP contribution in [-0.4, -0.2) is 13.1 Å². The van der Waals surface area contributed by atoms with Crippen molar-refractivity contribution in [2.75, 3.05) is 7.11 Å². The van der Waals surface area contributed by atoms with E-state index in [1.165, 1.54) is 25.3 Å². The second-order valence-corrected chi connectivity index (χ2v) is 3.11. The average molecular weight is 208 g/mol. The largest absolute Gasteiger partial charge is 0.494 e. The fourth-order valence-electron chi connectivity index (χ4n) is 1.41. The van der Waals surface area contributed by atoms with Crippen LogP contribution in [0.25, 0.3) is 0 Å². The van der Waals surface area contributed by atoms with Crippen molar-refractivity contribution in [1.29, 1.82) is 0 Å². The van der Waals surface area contributed by atoms with Crippen LogP contribution < -0.4 is 4.74 Å². The molecule has 1 heterocycles. The van der Waals surface area contributed by atoms with E-state index in [-0.39, 0.29) is 5.75 Å². The van der Waals surface area contributed by atoms with Crippen molar-refractivity contribution in [2.24, 2.45) is 0 Å². The van der Waals surface area contributed by atoms with Gasteiger partial charge in [-0.1, -0.05) is 6.07 Å². The van der Waals surface area contributed by atoms with E-state index in [1.54, 1.807) is 12.1 Å². The maximum absolute atomic E-state index is 13.3. The van der Waals surface area contributed by atoms with Crippen LogP contribution in [0.5, 0.6) is 5.75 Å². The van der Waals surface area contributed by atoms with Crippen LogP contribution in [0.3, 0.4) is 0 Å². The zero-order valence-electron chi connectivity index (χ0n) is 8.07. The lowest BCUT2D eigenvalue weighted by Gasteiger charge is -2.09. The van der Waals surface area contributed by atoms with Gasteiger partial charge in [0.25, 0.3) is 0 Å². The van der Waals surface area contributed by atoms with Gasteiger partial charge in [-0.3, -0.25) is 0 Å². The summed E-state index contributed by atoms with van der Waals surface area (Å²) in [5, 5.41) is 0. The first-order chi connectivity index (χ1) is 7.20. The molecule has 1 aromatic rings. The summed E-state index contributed by atoms with van der Waals surface area (Å²) in [4.78, 5) is 10.8. The molecule has 4 heteroatoms. The minimum absolute atomic E-state index is 0.173. The summed E-state index contributed by atoms with van der Waals surface area (Å²) in [5.74, 6) is -0.699. The summed E-state index contributed by atoms with van der Waals surface area (Å²) in [6.07, 6.45) is 2.43. The molecule has 0 bridgehead atoms. The van der Waals surface area contributed by atoms with Gasteiger partial charge < -0.3 is 9.47 Å². The standard InChI is InChI=1S/C11H9FO3/c1-14-10-3-2-7(6-8(10)12)9-4-5-11(13)15-9/h2-6,9H,1H3. The van der Waals surface area contributed by atoms with E-state index in [2.05, 4.69) is 0 Å². The third kappa shape index (κ3) is 1.83. The molecular weight excluding hydrogens is 199 g/mol. The molecule has 15 heavy (non-hydrogen) atoms. The van der Waals surface area contributed by atoms with Crippen LogP contribution in [0.15, 0.2) is 30.4 Å². The zero-order valence-corrected chi connectivity index (χ0v) is 8.07. The summed E-state index contributed by atoms with van der Waals surface area (Å²) < 4.78 is 23.0. The van der Waals surface area contributed by atoms with Crippen LogP contribution in [0.4, 0.5) is 4.39 Å². The Morgan fingerprint density at radius 1 is 1.47 bits per heavy atom. The van der Waals surface area contributed by atoms with Crippen molar-refractivity contribution >= 4 is 5.97 Å². The molecule has 0 amide bonds. The van der Waals surface area contributed by atoms with Gasteiger partial charge in [-0.15, -0.1) is 0 Å². The highest BCUT2D eigenvalue weighted by molar-refractivity contribution is 5.84. The van der Waals surface area contributed by atoms with Gasteiger partial charge in [-0.25, -0.2) is 9.18 Å². The van der Waals surface area contributed by atoms with E-state index >= 15 is 0 Å². The number of rotatable bonds is 2. The van der Waals surface area contributed by atoms with Crippen LogP contribution in [0, 0.1) is 5.82 Å². The minimum atomic E-state index is -0.488. The third-order valence-electron chi connectivity index (χ3n) is 2.15. The molecule has 1 unspecified atom stereocenters. The second-order valence-electron chi connectivity index (χ2n) is 3.11. The molecule has 1 aromatic carbocycles. The Labute approximate surface area is 86.1 Å². The van der Waals surface area contributed by atoms with Crippen LogP contribution in [0.2, 0.25) is 0 Å². The topological polar surface area (TPSA) is 35.5 Å². The average Bonchev–Trinajstić information content (AvgIpc) is 2.65. The molecule has 0 radical (unpaired) electrons. The summed E-state index contributed by atoms with van der Waals surface area (Å²) in [6, 6.07) is 4.46. The van der Waals surface area contributed by atoms with Crippen molar-refractivity contribution in [1.82, 2.24) is 0 Å². The molecule has 1 atom stereocenters. The zero-order chi connectivity index (χ0) is 10.8. The molecule has 0 N–H and O–H groups in total. The highest BCUT2D eigenvalue weighted by Crippen LogP contribution is 2.27. The number of hydrogen-bond acceptors (Lipinski definition) is 3. The van der Waals surface area contributed by atoms with Gasteiger partial charge in [0, 0.05) is 6.08 Å². The lowest BCUT2D eigenvalue weighted by molar-refractivity contribution is -0.138. The predicted octanol–water partition coefficient (Wildman–Crippen LogP) is 1.99. The number of carbonyl (C=O) groups is 1. The van der Waals surface area contributed by atoms with Crippen molar-refractivity contribution in [2.45, 2.75) is 6.10 Å². The first kappa shape index (κ1) is 9.71. The molecule has 0 aromatic heterocycles. The van der Waals surface area contributed by atoms with Crippen molar-refractivity contribution < 1.29 is 18.7 Å². The first-order valence-electron chi connectivity index (χ1n) is 4.43. The molecule has 0 aliphatic carbocycles. The van der Waals surface area contributed by atoms with E-state index in [0.29, 0.717) is 5.56 Å². The normalized spacial score (nSPS) is 19.1. The SMILES string of the molecule is COc1ccc(C2C=CC(=O)O2)cc1F. The number of carbonyl (C=O) groups excluding carboxylic acids is 1. The van der Waals surface area contributed by atoms with E-state index in [4.69, 9.17) is 9.47 Å². The second kappa shape index (κ2) is 3.73. The molecule has 0 fully saturated rings. The Bertz CT molecular complexity index is 426. The number of halogens is 1. The quantitative estimate of drug-likeness (QED) is 0.697. The van der Waals surface area contributed by atoms with E-state index in [9.17, 15) is 9.18 Å². The molecule has 1 aliphatic rings. The lowest BCUT2D eigenvalue weighted by Crippen LogP contribution is -2.00. The molecular formula is C11H9FO3. The number of esters is 1. The Morgan fingerprint density at radius 2 is 2.27 bits per heavy atom. The molecule has 0 spiro atoms. The number of methoxy groups -OCH3 is 1. The van der Waals surface area contributed by atoms with Gasteiger partial charge in [0.05, 0.1) is 7.11 Å². The molecule has 0 saturated carbocycles. The van der Waals surface area contributed by atoms with E-state index in [1.807, 2.05) is 0 Å². The summed E-state index contributed by atoms with van der Waals surface area (Å²) in [7, 11) is 1.40. The van der Waals surface area contributed by atoms with E-state index < -0.39 is 17.9 Å². The van der Waals surface area contributed by atoms with Crippen LogP contribution >= 0.6 is 0 Å². The first-order valence-corrected chi connectivity index (χ1v) is 4.43. The lowest BCUT2D eigenvalue weighted by atomic mass is 10.1. The number of ether oxygens (including phenoxy) is 2. The highest BCUT2D eigenvalue weighted by Gasteiger charge is 2.19. The van der Waals surface area contributed by atoms with Crippen molar-refractivity contribution in [3.8, 4) is 5.75 Å². The predicted molar refractivity (Wildman–Crippen MR) is 50.9 cm³/mol. The fraction of sp³-hybridized carbons (Fsp3) is 0.182. The van der Waals surface area contributed by atoms with E-state index in [0.717, 1.165) is 0 Å². The smallest absolute Gasteiger partial charge is 0.331 e. The minimum Gasteiger partial charge on any atom is -0.494 e. The van der Waals surface area contributed by atoms with Gasteiger partial charge >= 0.3 is 5.97 Å². The molecule has 3 nitrogen and oxygen atoms in total. The number of benzene rings is 1. The van der Waals surface area contributed by atoms with Crippen LogP contribution in [-0.2, 0) is 9.53 Å². The Hall–Kier alpha value is -1.84. The van der Waals surface area contributed by atoms with Crippen molar-refractivity contribution in [3.63, 3.8) is 0 Å². The van der Waals surface area contributed by atoms with Gasteiger partial charge in [-0.2, -0.15) is 0 Å². The van der Waals surface area contributed by atoms with Gasteiger partial charge in [0.15, 0.2) is 11.6 Å².